The van der Waals surface area contributed by atoms with Gasteiger partial charge in [-0.1, -0.05) is 26.2 Å². The van der Waals surface area contributed by atoms with Crippen molar-refractivity contribution in [2.75, 3.05) is 0 Å². The van der Waals surface area contributed by atoms with Gasteiger partial charge in [0, 0.05) is 48.2 Å². The molecule has 0 heterocycles. The van der Waals surface area contributed by atoms with E-state index >= 15 is 0 Å². The van der Waals surface area contributed by atoms with Gasteiger partial charge in [-0.05, 0) is 6.42 Å². The Hall–Kier alpha value is 0.847. The normalized spacial score (nSPS) is 8.50. The summed E-state index contributed by atoms with van der Waals surface area (Å²) < 4.78 is 0. The molecule has 0 aromatic rings. The molecule has 0 saturated heterocycles. The molecule has 0 spiro atoms. The van der Waals surface area contributed by atoms with Crippen LogP contribution in [-0.2, 0) is 4.79 Å². The van der Waals surface area contributed by atoms with Crippen LogP contribution in [0.1, 0.15) is 39.0 Å². The monoisotopic (exact) mass is 270 g/mol. The Balaban J connectivity index is 0. The molecule has 0 aromatic heterocycles. The molecule has 2 nitrogen and oxygen atoms in total. The number of unbranched alkanes of at least 4 members (excludes halogenated alkanes) is 3. The molecule has 0 bridgehead atoms. The van der Waals surface area contributed by atoms with Crippen molar-refractivity contribution in [1.82, 2.24) is 0 Å². The SMILES string of the molecule is CCCCCCC(=O)O.[Ce]. The smallest absolute Gasteiger partial charge is 0.303 e. The first-order valence-corrected chi connectivity index (χ1v) is 3.49. The molecule has 0 radical (unpaired) electrons. The van der Waals surface area contributed by atoms with Crippen molar-refractivity contribution < 1.29 is 51.6 Å². The molecule has 0 unspecified atom stereocenters. The Bertz CT molecular complexity index is 83.7. The van der Waals surface area contributed by atoms with Gasteiger partial charge in [0.05, 0.1) is 0 Å². The molecule has 0 aliphatic heterocycles. The molecule has 0 atom stereocenters. The van der Waals surface area contributed by atoms with Crippen molar-refractivity contribution in [3.05, 3.63) is 0 Å². The fourth-order valence-electron chi connectivity index (χ4n) is 0.703. The van der Waals surface area contributed by atoms with Gasteiger partial charge in [0.15, 0.2) is 0 Å². The molecular formula is C7H14CeO2. The second-order valence-corrected chi connectivity index (χ2v) is 2.20. The number of hydrogen-bond donors (Lipinski definition) is 1. The maximum absolute atomic E-state index is 9.96. The summed E-state index contributed by atoms with van der Waals surface area (Å²) in [4.78, 5) is 9.96. The minimum absolute atomic E-state index is 0. The van der Waals surface area contributed by atoms with E-state index in [1.54, 1.807) is 0 Å². The minimum atomic E-state index is -0.675. The van der Waals surface area contributed by atoms with Crippen molar-refractivity contribution in [2.45, 2.75) is 39.0 Å². The maximum Gasteiger partial charge on any atom is 0.303 e. The van der Waals surface area contributed by atoms with Crippen LogP contribution in [0.5, 0.6) is 0 Å². The molecule has 0 aromatic carbocycles. The number of carbonyl (C=O) groups is 1. The third kappa shape index (κ3) is 11.6. The van der Waals surface area contributed by atoms with E-state index in [9.17, 15) is 4.79 Å². The fourth-order valence-corrected chi connectivity index (χ4v) is 0.703. The minimum Gasteiger partial charge on any atom is -0.481 e. The van der Waals surface area contributed by atoms with Gasteiger partial charge in [-0.25, -0.2) is 0 Å². The number of hydrogen-bond acceptors (Lipinski definition) is 1. The molecule has 0 amide bonds. The molecule has 0 rings (SSSR count). The van der Waals surface area contributed by atoms with Crippen LogP contribution in [0.2, 0.25) is 0 Å². The van der Waals surface area contributed by atoms with Gasteiger partial charge in [0.25, 0.3) is 0 Å². The zero-order chi connectivity index (χ0) is 7.11. The number of rotatable bonds is 5. The van der Waals surface area contributed by atoms with Gasteiger partial charge in [-0.2, -0.15) is 0 Å². The Labute approximate surface area is 95.8 Å². The van der Waals surface area contributed by atoms with E-state index in [1.807, 2.05) is 0 Å². The second-order valence-electron chi connectivity index (χ2n) is 2.20. The number of aliphatic carboxylic acids is 1. The van der Waals surface area contributed by atoms with Crippen molar-refractivity contribution in [1.29, 1.82) is 0 Å². The van der Waals surface area contributed by atoms with Crippen LogP contribution in [0.25, 0.3) is 0 Å². The first-order chi connectivity index (χ1) is 4.27. The van der Waals surface area contributed by atoms with Gasteiger partial charge < -0.3 is 5.11 Å². The van der Waals surface area contributed by atoms with E-state index in [-0.39, 0.29) is 41.7 Å². The first kappa shape index (κ1) is 13.4. The second kappa shape index (κ2) is 9.85. The quantitative estimate of drug-likeness (QED) is 0.776. The average molecular weight is 270 g/mol. The van der Waals surface area contributed by atoms with Crippen LogP contribution >= 0.6 is 0 Å². The predicted octanol–water partition coefficient (Wildman–Crippen LogP) is 2.04. The van der Waals surface area contributed by atoms with Crippen LogP contribution in [0.3, 0.4) is 0 Å². The van der Waals surface area contributed by atoms with E-state index in [0.717, 1.165) is 19.3 Å². The van der Waals surface area contributed by atoms with Crippen LogP contribution in [0.15, 0.2) is 0 Å². The summed E-state index contributed by atoms with van der Waals surface area (Å²) >= 11 is 0. The Morgan fingerprint density at radius 1 is 1.30 bits per heavy atom. The standard InChI is InChI=1S/C7H14O2.Ce/c1-2-3-4-5-6-7(8)9;/h2-6H2,1H3,(H,8,9);. The largest absolute Gasteiger partial charge is 0.481 e. The third-order valence-corrected chi connectivity index (χ3v) is 1.24. The van der Waals surface area contributed by atoms with E-state index in [1.165, 1.54) is 6.42 Å². The molecule has 3 heteroatoms. The topological polar surface area (TPSA) is 37.3 Å². The number of carboxylic acid groups (broad SMARTS) is 1. The van der Waals surface area contributed by atoms with Gasteiger partial charge in [-0.15, -0.1) is 0 Å². The Morgan fingerprint density at radius 2 is 1.90 bits per heavy atom. The van der Waals surface area contributed by atoms with Crippen molar-refractivity contribution in [2.24, 2.45) is 0 Å². The third-order valence-electron chi connectivity index (χ3n) is 1.24. The fraction of sp³-hybridized carbons (Fsp3) is 0.857. The average Bonchev–Trinajstić information content (AvgIpc) is 1.80. The zero-order valence-corrected chi connectivity index (χ0v) is 9.53. The summed E-state index contributed by atoms with van der Waals surface area (Å²) in [6.07, 6.45) is 4.55. The summed E-state index contributed by atoms with van der Waals surface area (Å²) in [7, 11) is 0. The summed E-state index contributed by atoms with van der Waals surface area (Å²) in [6, 6.07) is 0. The van der Waals surface area contributed by atoms with Gasteiger partial charge >= 0.3 is 5.97 Å². The van der Waals surface area contributed by atoms with Gasteiger partial charge in [0.2, 0.25) is 0 Å². The molecule has 0 aliphatic rings. The molecule has 0 aliphatic carbocycles. The van der Waals surface area contributed by atoms with Crippen molar-refractivity contribution in [3.8, 4) is 0 Å². The molecular weight excluding hydrogens is 256 g/mol. The molecule has 10 heavy (non-hydrogen) atoms. The zero-order valence-electron chi connectivity index (χ0n) is 6.39. The van der Waals surface area contributed by atoms with Gasteiger partial charge in [-0.3, -0.25) is 4.79 Å². The van der Waals surface area contributed by atoms with E-state index in [0.29, 0.717) is 6.42 Å². The first-order valence-electron chi connectivity index (χ1n) is 3.49. The summed E-state index contributed by atoms with van der Waals surface area (Å²) in [5.74, 6) is -0.675. The maximum atomic E-state index is 9.96. The van der Waals surface area contributed by atoms with E-state index in [4.69, 9.17) is 5.11 Å². The van der Waals surface area contributed by atoms with E-state index < -0.39 is 5.97 Å². The summed E-state index contributed by atoms with van der Waals surface area (Å²) in [6.45, 7) is 2.11. The summed E-state index contributed by atoms with van der Waals surface area (Å²) in [5.41, 5.74) is 0. The van der Waals surface area contributed by atoms with Crippen LogP contribution in [-0.4, -0.2) is 11.1 Å². The Morgan fingerprint density at radius 3 is 2.30 bits per heavy atom. The van der Waals surface area contributed by atoms with Crippen molar-refractivity contribution in [3.63, 3.8) is 0 Å². The van der Waals surface area contributed by atoms with Crippen LogP contribution in [0.4, 0.5) is 0 Å². The molecule has 0 fully saturated rings. The molecule has 1 N–H and O–H groups in total. The van der Waals surface area contributed by atoms with E-state index in [2.05, 4.69) is 6.92 Å². The van der Waals surface area contributed by atoms with Crippen LogP contribution in [0, 0.1) is 41.7 Å². The molecule has 58 valence electrons. The van der Waals surface area contributed by atoms with Crippen molar-refractivity contribution >= 4 is 5.97 Å². The summed E-state index contributed by atoms with van der Waals surface area (Å²) in [5, 5.41) is 8.21. The predicted molar refractivity (Wildman–Crippen MR) is 36.4 cm³/mol. The van der Waals surface area contributed by atoms with Gasteiger partial charge in [0.1, 0.15) is 0 Å². The molecule has 0 saturated carbocycles. The Kier molecular flexibility index (Phi) is 13.2. The number of carboxylic acids is 1. The van der Waals surface area contributed by atoms with Crippen LogP contribution < -0.4 is 0 Å².